The number of hydrogen-bond donors (Lipinski definition) is 2. The first-order valence-corrected chi connectivity index (χ1v) is 10.2. The molecule has 1 aliphatic heterocycles. The summed E-state index contributed by atoms with van der Waals surface area (Å²) in [5, 5.41) is 4.16. The zero-order valence-corrected chi connectivity index (χ0v) is 17.4. The van der Waals surface area contributed by atoms with Crippen molar-refractivity contribution in [2.24, 2.45) is 0 Å². The third-order valence-electron chi connectivity index (χ3n) is 5.88. The van der Waals surface area contributed by atoms with E-state index < -0.39 is 0 Å². The smallest absolute Gasteiger partial charge is 0.228 e. The largest absolute Gasteiger partial charge is 0.358 e. The van der Waals surface area contributed by atoms with Crippen molar-refractivity contribution in [3.05, 3.63) is 58.8 Å². The van der Waals surface area contributed by atoms with Gasteiger partial charge in [-0.2, -0.15) is 0 Å². The van der Waals surface area contributed by atoms with E-state index in [-0.39, 0.29) is 17.9 Å². The van der Waals surface area contributed by atoms with Crippen molar-refractivity contribution in [2.45, 2.75) is 53.0 Å². The Labute approximate surface area is 171 Å². The lowest BCUT2D eigenvalue weighted by Crippen LogP contribution is -2.33. The Balaban J connectivity index is 1.55. The van der Waals surface area contributed by atoms with Crippen LogP contribution >= 0.6 is 0 Å². The van der Waals surface area contributed by atoms with Gasteiger partial charge >= 0.3 is 0 Å². The molecule has 2 aromatic carbocycles. The lowest BCUT2D eigenvalue weighted by molar-refractivity contribution is -0.117. The molecule has 1 aliphatic rings. The van der Waals surface area contributed by atoms with E-state index in [0.717, 1.165) is 51.9 Å². The standard InChI is InChI=1S/C24H27N3O2/c1-5-17-7-6-8-20-21(15(3)25-24(17)20)13-23(29)26-19-9-10-22-18(12-19)11-14(2)27(22)16(4)28/h6-10,12,14,25H,5,11,13H2,1-4H3,(H,26,29)/t14-/m1/s1. The molecule has 0 aliphatic carbocycles. The summed E-state index contributed by atoms with van der Waals surface area (Å²) in [6.07, 6.45) is 2.08. The SMILES string of the molecule is CCc1cccc2c(CC(=O)Nc3ccc4c(c3)C[C@@H](C)N4C(C)=O)c(C)[nH]c12. The third kappa shape index (κ3) is 3.41. The van der Waals surface area contributed by atoms with E-state index in [9.17, 15) is 9.59 Å². The molecular formula is C24H27N3O2. The molecule has 1 aromatic heterocycles. The second-order valence-electron chi connectivity index (χ2n) is 7.93. The number of nitrogens with one attached hydrogen (secondary N) is 2. The summed E-state index contributed by atoms with van der Waals surface area (Å²) in [7, 11) is 0. The molecule has 4 rings (SSSR count). The Morgan fingerprint density at radius 3 is 2.76 bits per heavy atom. The number of hydrogen-bond acceptors (Lipinski definition) is 2. The zero-order chi connectivity index (χ0) is 20.7. The highest BCUT2D eigenvalue weighted by Gasteiger charge is 2.29. The highest BCUT2D eigenvalue weighted by Crippen LogP contribution is 2.34. The van der Waals surface area contributed by atoms with E-state index in [4.69, 9.17) is 0 Å². The van der Waals surface area contributed by atoms with Crippen molar-refractivity contribution in [2.75, 3.05) is 10.2 Å². The average Bonchev–Trinajstić information content (AvgIpc) is 3.17. The summed E-state index contributed by atoms with van der Waals surface area (Å²) < 4.78 is 0. The van der Waals surface area contributed by atoms with Crippen molar-refractivity contribution in [3.63, 3.8) is 0 Å². The lowest BCUT2D eigenvalue weighted by atomic mass is 10.0. The van der Waals surface area contributed by atoms with Crippen molar-refractivity contribution in [1.82, 2.24) is 4.98 Å². The molecule has 3 aromatic rings. The molecule has 5 heteroatoms. The van der Waals surface area contributed by atoms with Crippen LogP contribution in [0.25, 0.3) is 10.9 Å². The summed E-state index contributed by atoms with van der Waals surface area (Å²) in [5.41, 5.74) is 7.30. The Hall–Kier alpha value is -3.08. The highest BCUT2D eigenvalue weighted by molar-refractivity contribution is 5.98. The number of nitrogens with zero attached hydrogens (tertiary/aromatic N) is 1. The van der Waals surface area contributed by atoms with Crippen LogP contribution in [0.3, 0.4) is 0 Å². The number of benzene rings is 2. The van der Waals surface area contributed by atoms with Gasteiger partial charge in [-0.05, 0) is 61.6 Å². The van der Waals surface area contributed by atoms with Crippen molar-refractivity contribution >= 4 is 34.1 Å². The zero-order valence-electron chi connectivity index (χ0n) is 17.4. The quantitative estimate of drug-likeness (QED) is 0.689. The van der Waals surface area contributed by atoms with Crippen molar-refractivity contribution in [1.29, 1.82) is 0 Å². The van der Waals surface area contributed by atoms with Crippen molar-refractivity contribution < 1.29 is 9.59 Å². The molecule has 2 N–H and O–H groups in total. The molecule has 0 saturated carbocycles. The van der Waals surface area contributed by atoms with Gasteiger partial charge in [-0.3, -0.25) is 9.59 Å². The number of aryl methyl sites for hydroxylation is 2. The van der Waals surface area contributed by atoms with Gasteiger partial charge in [-0.15, -0.1) is 0 Å². The minimum Gasteiger partial charge on any atom is -0.358 e. The molecular weight excluding hydrogens is 362 g/mol. The van der Waals surface area contributed by atoms with E-state index in [1.807, 2.05) is 36.9 Å². The molecule has 1 atom stereocenters. The van der Waals surface area contributed by atoms with Gasteiger partial charge in [0.2, 0.25) is 11.8 Å². The molecule has 2 heterocycles. The van der Waals surface area contributed by atoms with Gasteiger partial charge in [-0.1, -0.05) is 25.1 Å². The summed E-state index contributed by atoms with van der Waals surface area (Å²) in [5.74, 6) is 0.0135. The van der Waals surface area contributed by atoms with Crippen LogP contribution in [0.2, 0.25) is 0 Å². The summed E-state index contributed by atoms with van der Waals surface area (Å²) >= 11 is 0. The Kier molecular flexibility index (Phi) is 4.91. The molecule has 0 fully saturated rings. The van der Waals surface area contributed by atoms with Crippen LogP contribution in [0.4, 0.5) is 11.4 Å². The van der Waals surface area contributed by atoms with Gasteiger partial charge < -0.3 is 15.2 Å². The average molecular weight is 389 g/mol. The molecule has 29 heavy (non-hydrogen) atoms. The maximum Gasteiger partial charge on any atom is 0.228 e. The predicted octanol–water partition coefficient (Wildman–Crippen LogP) is 4.52. The first-order chi connectivity index (χ1) is 13.9. The molecule has 0 saturated heterocycles. The normalized spacial score (nSPS) is 15.6. The number of fused-ring (bicyclic) bond motifs is 2. The topological polar surface area (TPSA) is 65.2 Å². The van der Waals surface area contributed by atoms with Crippen LogP contribution in [0.1, 0.15) is 43.2 Å². The number of aromatic nitrogens is 1. The van der Waals surface area contributed by atoms with Crippen LogP contribution in [0.15, 0.2) is 36.4 Å². The number of rotatable bonds is 4. The van der Waals surface area contributed by atoms with Crippen LogP contribution < -0.4 is 10.2 Å². The summed E-state index contributed by atoms with van der Waals surface area (Å²) in [6.45, 7) is 7.80. The number of H-pyrrole nitrogens is 1. The molecule has 0 unspecified atom stereocenters. The molecule has 5 nitrogen and oxygen atoms in total. The van der Waals surface area contributed by atoms with Gasteiger partial charge in [-0.25, -0.2) is 0 Å². The minimum atomic E-state index is -0.0367. The van der Waals surface area contributed by atoms with Gasteiger partial charge in [0.1, 0.15) is 0 Å². The van der Waals surface area contributed by atoms with Gasteiger partial charge in [0.05, 0.1) is 6.42 Å². The monoisotopic (exact) mass is 389 g/mol. The number of aromatic amines is 1. The van der Waals surface area contributed by atoms with E-state index in [1.54, 1.807) is 6.92 Å². The number of carbonyl (C=O) groups excluding carboxylic acids is 2. The van der Waals surface area contributed by atoms with E-state index in [1.165, 1.54) is 5.56 Å². The molecule has 0 spiro atoms. The number of anilines is 2. The molecule has 0 bridgehead atoms. The Morgan fingerprint density at radius 2 is 2.03 bits per heavy atom. The Morgan fingerprint density at radius 1 is 1.24 bits per heavy atom. The van der Waals surface area contributed by atoms with E-state index in [0.29, 0.717) is 6.42 Å². The van der Waals surface area contributed by atoms with Gasteiger partial charge in [0, 0.05) is 40.9 Å². The number of carbonyl (C=O) groups is 2. The van der Waals surface area contributed by atoms with E-state index >= 15 is 0 Å². The first kappa shape index (κ1) is 19.2. The summed E-state index contributed by atoms with van der Waals surface area (Å²) in [6, 6.07) is 12.2. The van der Waals surface area contributed by atoms with Crippen molar-refractivity contribution in [3.8, 4) is 0 Å². The molecule has 2 amide bonds. The fraction of sp³-hybridized carbons (Fsp3) is 0.333. The molecule has 0 radical (unpaired) electrons. The maximum atomic E-state index is 12.8. The number of para-hydroxylation sites is 1. The van der Waals surface area contributed by atoms with Crippen LogP contribution in [-0.4, -0.2) is 22.8 Å². The minimum absolute atomic E-state index is 0.0367. The third-order valence-corrected chi connectivity index (χ3v) is 5.88. The predicted molar refractivity (Wildman–Crippen MR) is 118 cm³/mol. The molecule has 150 valence electrons. The maximum absolute atomic E-state index is 12.8. The van der Waals surface area contributed by atoms with Crippen LogP contribution in [-0.2, 0) is 28.9 Å². The fourth-order valence-corrected chi connectivity index (χ4v) is 4.54. The first-order valence-electron chi connectivity index (χ1n) is 10.2. The van der Waals surface area contributed by atoms with Crippen LogP contribution in [0, 0.1) is 6.92 Å². The highest BCUT2D eigenvalue weighted by atomic mass is 16.2. The summed E-state index contributed by atoms with van der Waals surface area (Å²) in [4.78, 5) is 29.9. The second-order valence-corrected chi connectivity index (χ2v) is 7.93. The Bertz CT molecular complexity index is 1110. The van der Waals surface area contributed by atoms with Gasteiger partial charge in [0.15, 0.2) is 0 Å². The van der Waals surface area contributed by atoms with E-state index in [2.05, 4.69) is 35.4 Å². The number of amides is 2. The van der Waals surface area contributed by atoms with Gasteiger partial charge in [0.25, 0.3) is 0 Å². The second kappa shape index (κ2) is 7.39. The lowest BCUT2D eigenvalue weighted by Gasteiger charge is -2.20. The van der Waals surface area contributed by atoms with Crippen LogP contribution in [0.5, 0.6) is 0 Å². The fourth-order valence-electron chi connectivity index (χ4n) is 4.54.